The number of nitrogens with one attached hydrogen (secondary N) is 2. The highest BCUT2D eigenvalue weighted by Crippen LogP contribution is 2.18. The molecule has 0 amide bonds. The van der Waals surface area contributed by atoms with Gasteiger partial charge in [-0.3, -0.25) is 0 Å². The van der Waals surface area contributed by atoms with Gasteiger partial charge in [-0.25, -0.2) is 9.37 Å². The largest absolute Gasteiger partial charge is 0.348 e. The van der Waals surface area contributed by atoms with Crippen LogP contribution in [0.15, 0.2) is 30.6 Å². The second-order valence-corrected chi connectivity index (χ2v) is 4.07. The first-order valence-electron chi connectivity index (χ1n) is 5.39. The molecule has 0 saturated heterocycles. The monoisotopic (exact) mass is 253 g/mol. The average molecular weight is 254 g/mol. The molecule has 0 aliphatic heterocycles. The summed E-state index contributed by atoms with van der Waals surface area (Å²) >= 11 is 5.92. The fourth-order valence-corrected chi connectivity index (χ4v) is 1.84. The number of aromatic nitrogens is 2. The summed E-state index contributed by atoms with van der Waals surface area (Å²) in [5.41, 5.74) is 0.557. The molecule has 0 radical (unpaired) electrons. The van der Waals surface area contributed by atoms with Crippen LogP contribution in [0.4, 0.5) is 4.39 Å². The topological polar surface area (TPSA) is 40.7 Å². The third kappa shape index (κ3) is 3.28. The van der Waals surface area contributed by atoms with Crippen LogP contribution < -0.4 is 5.32 Å². The number of nitrogens with zero attached hydrogens (tertiary/aromatic N) is 1. The Morgan fingerprint density at radius 1 is 1.41 bits per heavy atom. The Morgan fingerprint density at radius 2 is 2.29 bits per heavy atom. The molecule has 1 heterocycles. The third-order valence-electron chi connectivity index (χ3n) is 2.46. The number of benzene rings is 1. The lowest BCUT2D eigenvalue weighted by molar-refractivity contribution is 0.595. The van der Waals surface area contributed by atoms with Crippen molar-refractivity contribution in [3.63, 3.8) is 0 Å². The minimum atomic E-state index is -0.253. The van der Waals surface area contributed by atoms with Gasteiger partial charge in [0.2, 0.25) is 0 Å². The average Bonchev–Trinajstić information content (AvgIpc) is 2.80. The van der Waals surface area contributed by atoms with Crippen LogP contribution in [-0.4, -0.2) is 16.5 Å². The van der Waals surface area contributed by atoms with Gasteiger partial charge in [0.25, 0.3) is 0 Å². The van der Waals surface area contributed by atoms with Crippen molar-refractivity contribution in [2.75, 3.05) is 6.54 Å². The molecule has 2 rings (SSSR count). The number of imidazole rings is 1. The van der Waals surface area contributed by atoms with Gasteiger partial charge in [-0.15, -0.1) is 0 Å². The first kappa shape index (κ1) is 12.1. The first-order valence-corrected chi connectivity index (χ1v) is 5.77. The van der Waals surface area contributed by atoms with Crippen LogP contribution in [-0.2, 0) is 13.0 Å². The van der Waals surface area contributed by atoms with Crippen molar-refractivity contribution in [3.05, 3.63) is 52.8 Å². The lowest BCUT2D eigenvalue weighted by Crippen LogP contribution is -2.18. The molecule has 2 aromatic rings. The van der Waals surface area contributed by atoms with Gasteiger partial charge in [-0.05, 0) is 25.1 Å². The molecule has 17 heavy (non-hydrogen) atoms. The van der Waals surface area contributed by atoms with Crippen molar-refractivity contribution >= 4 is 11.6 Å². The van der Waals surface area contributed by atoms with Crippen LogP contribution in [0.3, 0.4) is 0 Å². The van der Waals surface area contributed by atoms with E-state index in [4.69, 9.17) is 11.6 Å². The van der Waals surface area contributed by atoms with E-state index in [0.29, 0.717) is 30.1 Å². The van der Waals surface area contributed by atoms with E-state index in [1.807, 2.05) is 0 Å². The first-order chi connectivity index (χ1) is 8.27. The van der Waals surface area contributed by atoms with Crippen LogP contribution in [0, 0.1) is 5.82 Å². The van der Waals surface area contributed by atoms with Crippen LogP contribution in [0.5, 0.6) is 0 Å². The van der Waals surface area contributed by atoms with Gasteiger partial charge in [0.05, 0.1) is 6.54 Å². The minimum Gasteiger partial charge on any atom is -0.348 e. The summed E-state index contributed by atoms with van der Waals surface area (Å²) in [6, 6.07) is 4.73. The maximum Gasteiger partial charge on any atom is 0.127 e. The number of aromatic amines is 1. The van der Waals surface area contributed by atoms with Gasteiger partial charge in [0.15, 0.2) is 0 Å². The second kappa shape index (κ2) is 5.80. The minimum absolute atomic E-state index is 0.253. The molecule has 0 unspecified atom stereocenters. The standard InChI is InChI=1S/C12H13ClFN3/c13-10-2-1-3-11(14)9(10)4-5-15-8-12-16-6-7-17-12/h1-3,6-7,15H,4-5,8H2,(H,16,17). The van der Waals surface area contributed by atoms with E-state index in [0.717, 1.165) is 5.82 Å². The Labute approximate surface area is 104 Å². The van der Waals surface area contributed by atoms with E-state index in [2.05, 4.69) is 15.3 Å². The summed E-state index contributed by atoms with van der Waals surface area (Å²) in [7, 11) is 0. The van der Waals surface area contributed by atoms with E-state index < -0.39 is 0 Å². The Morgan fingerprint density at radius 3 is 3.00 bits per heavy atom. The zero-order valence-corrected chi connectivity index (χ0v) is 9.97. The molecular formula is C12H13ClFN3. The summed E-state index contributed by atoms with van der Waals surface area (Å²) in [5.74, 6) is 0.613. The molecule has 5 heteroatoms. The van der Waals surface area contributed by atoms with Crippen molar-refractivity contribution in [2.45, 2.75) is 13.0 Å². The number of H-pyrrole nitrogens is 1. The van der Waals surface area contributed by atoms with Gasteiger partial charge in [0.1, 0.15) is 11.6 Å². The molecule has 0 aliphatic carbocycles. The van der Waals surface area contributed by atoms with Crippen molar-refractivity contribution in [3.8, 4) is 0 Å². The Kier molecular flexibility index (Phi) is 4.12. The highest BCUT2D eigenvalue weighted by atomic mass is 35.5. The zero-order valence-electron chi connectivity index (χ0n) is 9.21. The zero-order chi connectivity index (χ0) is 12.1. The fourth-order valence-electron chi connectivity index (χ4n) is 1.59. The maximum atomic E-state index is 13.4. The summed E-state index contributed by atoms with van der Waals surface area (Å²) in [5, 5.41) is 3.65. The Hall–Kier alpha value is -1.39. The molecule has 0 aliphatic rings. The van der Waals surface area contributed by atoms with Gasteiger partial charge in [0, 0.05) is 23.0 Å². The number of hydrogen-bond acceptors (Lipinski definition) is 2. The molecule has 0 saturated carbocycles. The lowest BCUT2D eigenvalue weighted by Gasteiger charge is -2.06. The Bertz CT molecular complexity index is 450. The normalized spacial score (nSPS) is 10.7. The summed E-state index contributed by atoms with van der Waals surface area (Å²) in [4.78, 5) is 7.06. The van der Waals surface area contributed by atoms with E-state index >= 15 is 0 Å². The SMILES string of the molecule is Fc1cccc(Cl)c1CCNCc1ncc[nH]1. The van der Waals surface area contributed by atoms with Crippen LogP contribution in [0.2, 0.25) is 5.02 Å². The summed E-state index contributed by atoms with van der Waals surface area (Å²) in [6.45, 7) is 1.29. The van der Waals surface area contributed by atoms with Crippen LogP contribution in [0.1, 0.15) is 11.4 Å². The molecule has 0 bridgehead atoms. The quantitative estimate of drug-likeness (QED) is 0.804. The highest BCUT2D eigenvalue weighted by molar-refractivity contribution is 6.31. The molecule has 1 aromatic carbocycles. The second-order valence-electron chi connectivity index (χ2n) is 3.66. The number of hydrogen-bond donors (Lipinski definition) is 2. The van der Waals surface area contributed by atoms with Crippen LogP contribution in [0.25, 0.3) is 0 Å². The number of rotatable bonds is 5. The molecule has 2 N–H and O–H groups in total. The van der Waals surface area contributed by atoms with Crippen molar-refractivity contribution in [1.29, 1.82) is 0 Å². The number of halogens is 2. The molecule has 0 fully saturated rings. The van der Waals surface area contributed by atoms with E-state index in [1.165, 1.54) is 6.07 Å². The summed E-state index contributed by atoms with van der Waals surface area (Å²) < 4.78 is 13.4. The van der Waals surface area contributed by atoms with Crippen LogP contribution >= 0.6 is 11.6 Å². The van der Waals surface area contributed by atoms with Gasteiger partial charge in [-0.1, -0.05) is 17.7 Å². The van der Waals surface area contributed by atoms with Crippen molar-refractivity contribution in [2.24, 2.45) is 0 Å². The van der Waals surface area contributed by atoms with Gasteiger partial charge < -0.3 is 10.3 Å². The molecule has 90 valence electrons. The fraction of sp³-hybridized carbons (Fsp3) is 0.250. The van der Waals surface area contributed by atoms with Crippen molar-refractivity contribution in [1.82, 2.24) is 15.3 Å². The predicted octanol–water partition coefficient (Wildman–Crippen LogP) is 2.53. The molecular weight excluding hydrogens is 241 g/mol. The van der Waals surface area contributed by atoms with E-state index in [9.17, 15) is 4.39 Å². The van der Waals surface area contributed by atoms with E-state index in [1.54, 1.807) is 24.5 Å². The van der Waals surface area contributed by atoms with Gasteiger partial charge >= 0.3 is 0 Å². The Balaban J connectivity index is 1.82. The molecule has 0 atom stereocenters. The van der Waals surface area contributed by atoms with Gasteiger partial charge in [-0.2, -0.15) is 0 Å². The third-order valence-corrected chi connectivity index (χ3v) is 2.81. The predicted molar refractivity (Wildman–Crippen MR) is 65.4 cm³/mol. The van der Waals surface area contributed by atoms with E-state index in [-0.39, 0.29) is 5.82 Å². The summed E-state index contributed by atoms with van der Waals surface area (Å²) in [6.07, 6.45) is 4.03. The molecule has 0 spiro atoms. The smallest absolute Gasteiger partial charge is 0.127 e. The molecule has 1 aromatic heterocycles. The maximum absolute atomic E-state index is 13.4. The highest BCUT2D eigenvalue weighted by Gasteiger charge is 2.05. The lowest BCUT2D eigenvalue weighted by atomic mass is 10.1. The molecule has 3 nitrogen and oxygen atoms in total. The van der Waals surface area contributed by atoms with Crippen molar-refractivity contribution < 1.29 is 4.39 Å².